The van der Waals surface area contributed by atoms with Crippen molar-refractivity contribution in [1.82, 2.24) is 4.90 Å². The highest BCUT2D eigenvalue weighted by Gasteiger charge is 2.36. The molecule has 0 aromatic rings. The van der Waals surface area contributed by atoms with Gasteiger partial charge in [0.15, 0.2) is 0 Å². The van der Waals surface area contributed by atoms with E-state index in [0.717, 1.165) is 17.9 Å². The zero-order valence-corrected chi connectivity index (χ0v) is 13.0. The molecular formula is C15H29NOS. The minimum Gasteiger partial charge on any atom is -0.315 e. The smallest absolute Gasteiger partial charge is 0.0748 e. The third kappa shape index (κ3) is 3.64. The van der Waals surface area contributed by atoms with E-state index < -0.39 is 0 Å². The highest BCUT2D eigenvalue weighted by molar-refractivity contribution is 7.75. The van der Waals surface area contributed by atoms with Crippen LogP contribution in [0.25, 0.3) is 0 Å². The minimum absolute atomic E-state index is 0.394. The predicted octanol–water partition coefficient (Wildman–Crippen LogP) is 3.92. The molecular weight excluding hydrogens is 242 g/mol. The topological polar surface area (TPSA) is 12.5 Å². The summed E-state index contributed by atoms with van der Waals surface area (Å²) in [6.07, 6.45) is 8.47. The highest BCUT2D eigenvalue weighted by atomic mass is 32.1. The van der Waals surface area contributed by atoms with Gasteiger partial charge in [-0.25, -0.2) is 0 Å². The van der Waals surface area contributed by atoms with E-state index in [-0.39, 0.29) is 0 Å². The lowest BCUT2D eigenvalue weighted by Crippen LogP contribution is -2.52. The zero-order chi connectivity index (χ0) is 13.1. The molecule has 0 unspecified atom stereocenters. The second-order valence-electron chi connectivity index (χ2n) is 6.77. The first kappa shape index (κ1) is 14.7. The zero-order valence-electron chi connectivity index (χ0n) is 12.1. The van der Waals surface area contributed by atoms with Crippen molar-refractivity contribution in [2.24, 2.45) is 11.8 Å². The van der Waals surface area contributed by atoms with Crippen LogP contribution in [-0.2, 0) is 4.18 Å². The molecule has 2 fully saturated rings. The lowest BCUT2D eigenvalue weighted by Gasteiger charge is -2.45. The van der Waals surface area contributed by atoms with Crippen molar-refractivity contribution in [3.8, 4) is 0 Å². The summed E-state index contributed by atoms with van der Waals surface area (Å²) in [4.78, 5) is 2.71. The van der Waals surface area contributed by atoms with E-state index >= 15 is 0 Å². The van der Waals surface area contributed by atoms with Crippen LogP contribution in [0.15, 0.2) is 0 Å². The minimum atomic E-state index is 0.394. The van der Waals surface area contributed by atoms with Crippen LogP contribution in [0, 0.1) is 11.8 Å². The van der Waals surface area contributed by atoms with E-state index in [9.17, 15) is 0 Å². The summed E-state index contributed by atoms with van der Waals surface area (Å²) < 4.78 is 5.12. The third-order valence-electron chi connectivity index (χ3n) is 4.96. The fraction of sp³-hybridized carbons (Fsp3) is 1.00. The fourth-order valence-electron chi connectivity index (χ4n) is 3.49. The number of hydrogen-bond donors (Lipinski definition) is 1. The molecule has 2 nitrogen and oxygen atoms in total. The van der Waals surface area contributed by atoms with Gasteiger partial charge >= 0.3 is 0 Å². The maximum Gasteiger partial charge on any atom is 0.0748 e. The van der Waals surface area contributed by atoms with Crippen molar-refractivity contribution in [2.45, 2.75) is 77.5 Å². The van der Waals surface area contributed by atoms with Gasteiger partial charge in [0, 0.05) is 18.6 Å². The molecule has 0 N–H and O–H groups in total. The number of hydrogen-bond acceptors (Lipinski definition) is 3. The van der Waals surface area contributed by atoms with Crippen molar-refractivity contribution in [3.05, 3.63) is 0 Å². The molecule has 0 bridgehead atoms. The molecule has 3 heteroatoms. The molecule has 2 aliphatic rings. The Morgan fingerprint density at radius 3 is 2.28 bits per heavy atom. The normalized spacial score (nSPS) is 37.0. The highest BCUT2D eigenvalue weighted by Crippen LogP contribution is 2.34. The summed E-state index contributed by atoms with van der Waals surface area (Å²) in [6.45, 7) is 8.37. The van der Waals surface area contributed by atoms with Crippen LogP contribution in [0.4, 0.5) is 0 Å². The second-order valence-corrected chi connectivity index (χ2v) is 6.98. The average molecular weight is 271 g/mol. The van der Waals surface area contributed by atoms with E-state index in [1.165, 1.54) is 45.1 Å². The van der Waals surface area contributed by atoms with Gasteiger partial charge in [0.25, 0.3) is 0 Å². The first-order chi connectivity index (χ1) is 8.60. The number of thiol groups is 1. The average Bonchev–Trinajstić information content (AvgIpc) is 2.28. The van der Waals surface area contributed by atoms with Gasteiger partial charge in [-0.15, -0.1) is 0 Å². The molecule has 0 aliphatic heterocycles. The van der Waals surface area contributed by atoms with E-state index in [1.54, 1.807) is 0 Å². The van der Waals surface area contributed by atoms with E-state index in [2.05, 4.69) is 38.6 Å². The Bertz CT molecular complexity index is 245. The molecule has 0 spiro atoms. The monoisotopic (exact) mass is 271 g/mol. The Morgan fingerprint density at radius 1 is 1.17 bits per heavy atom. The Kier molecular flexibility index (Phi) is 5.40. The van der Waals surface area contributed by atoms with Crippen molar-refractivity contribution in [1.29, 1.82) is 0 Å². The van der Waals surface area contributed by atoms with E-state index in [4.69, 9.17) is 4.18 Å². The number of rotatable bonds is 5. The molecule has 0 saturated heterocycles. The molecule has 0 amide bonds. The molecule has 2 rings (SSSR count). The Labute approximate surface area is 118 Å². The summed E-state index contributed by atoms with van der Waals surface area (Å²) in [5.74, 6) is 1.89. The van der Waals surface area contributed by atoms with Crippen molar-refractivity contribution >= 4 is 12.9 Å². The van der Waals surface area contributed by atoms with Crippen LogP contribution in [0.1, 0.15) is 59.3 Å². The second kappa shape index (κ2) is 6.62. The van der Waals surface area contributed by atoms with Gasteiger partial charge in [-0.2, -0.15) is 0 Å². The van der Waals surface area contributed by atoms with Gasteiger partial charge in [-0.05, 0) is 64.3 Å². The lowest BCUT2D eigenvalue weighted by molar-refractivity contribution is 0.000797. The van der Waals surface area contributed by atoms with Gasteiger partial charge in [0.1, 0.15) is 0 Å². The Balaban J connectivity index is 1.80. The molecule has 0 atom stereocenters. The largest absolute Gasteiger partial charge is 0.315 e. The quantitative estimate of drug-likeness (QED) is 0.601. The first-order valence-electron chi connectivity index (χ1n) is 7.66. The summed E-state index contributed by atoms with van der Waals surface area (Å²) >= 11 is 3.93. The molecule has 0 aromatic heterocycles. The van der Waals surface area contributed by atoms with Crippen molar-refractivity contribution < 1.29 is 4.18 Å². The lowest BCUT2D eigenvalue weighted by atomic mass is 9.81. The van der Waals surface area contributed by atoms with Gasteiger partial charge in [-0.1, -0.05) is 19.8 Å². The maximum absolute atomic E-state index is 5.12. The summed E-state index contributed by atoms with van der Waals surface area (Å²) in [7, 11) is 0. The molecule has 2 saturated carbocycles. The summed E-state index contributed by atoms with van der Waals surface area (Å²) in [6, 6.07) is 1.40. The van der Waals surface area contributed by atoms with E-state index in [1.807, 2.05) is 0 Å². The molecule has 0 aromatic carbocycles. The first-order valence-corrected chi connectivity index (χ1v) is 8.02. The van der Waals surface area contributed by atoms with Crippen LogP contribution in [0.3, 0.4) is 0 Å². The van der Waals surface area contributed by atoms with Crippen molar-refractivity contribution in [2.75, 3.05) is 6.54 Å². The summed E-state index contributed by atoms with van der Waals surface area (Å²) in [5, 5.41) is 0. The molecule has 18 heavy (non-hydrogen) atoms. The SMILES string of the molecule is CC1CCC(CN(C(C)C)C2CC(OS)C2)CC1. The predicted molar refractivity (Wildman–Crippen MR) is 79.8 cm³/mol. The molecule has 0 heterocycles. The van der Waals surface area contributed by atoms with Crippen LogP contribution >= 0.6 is 12.9 Å². The van der Waals surface area contributed by atoms with Crippen LogP contribution in [0.5, 0.6) is 0 Å². The maximum atomic E-state index is 5.12. The van der Waals surface area contributed by atoms with Crippen molar-refractivity contribution in [3.63, 3.8) is 0 Å². The molecule has 2 aliphatic carbocycles. The van der Waals surface area contributed by atoms with Gasteiger partial charge < -0.3 is 4.18 Å². The van der Waals surface area contributed by atoms with Crippen LogP contribution < -0.4 is 0 Å². The molecule has 106 valence electrons. The Hall–Kier alpha value is 0.270. The van der Waals surface area contributed by atoms with E-state index in [0.29, 0.717) is 12.1 Å². The third-order valence-corrected chi connectivity index (χ3v) is 5.25. The fourth-order valence-corrected chi connectivity index (χ4v) is 3.66. The van der Waals surface area contributed by atoms with Crippen LogP contribution in [0.2, 0.25) is 0 Å². The number of nitrogens with zero attached hydrogens (tertiary/aromatic N) is 1. The standard InChI is InChI=1S/C15H29NOS/c1-11(2)16(14-8-15(9-14)17-18)10-13-6-4-12(3)5-7-13/h11-15,18H,4-10H2,1-3H3. The van der Waals surface area contributed by atoms with Crippen LogP contribution in [-0.4, -0.2) is 29.6 Å². The molecule has 0 radical (unpaired) electrons. The van der Waals surface area contributed by atoms with Gasteiger partial charge in [-0.3, -0.25) is 4.90 Å². The van der Waals surface area contributed by atoms with Gasteiger partial charge in [0.2, 0.25) is 0 Å². The van der Waals surface area contributed by atoms with Gasteiger partial charge in [0.05, 0.1) is 6.10 Å². The Morgan fingerprint density at radius 2 is 1.78 bits per heavy atom. The summed E-state index contributed by atoms with van der Waals surface area (Å²) in [5.41, 5.74) is 0.